The van der Waals surface area contributed by atoms with E-state index in [-0.39, 0.29) is 29.5 Å². The van der Waals surface area contributed by atoms with E-state index in [1.54, 1.807) is 14.2 Å². The normalized spacial score (nSPS) is 22.3. The van der Waals surface area contributed by atoms with Gasteiger partial charge in [-0.25, -0.2) is 0 Å². The van der Waals surface area contributed by atoms with E-state index in [9.17, 15) is 4.79 Å². The van der Waals surface area contributed by atoms with Crippen molar-refractivity contribution in [3.05, 3.63) is 29.8 Å². The Morgan fingerprint density at radius 2 is 1.88 bits per heavy atom. The Kier molecular flexibility index (Phi) is 6.88. The first kappa shape index (κ1) is 19.8. The van der Waals surface area contributed by atoms with Gasteiger partial charge in [0.25, 0.3) is 0 Å². The van der Waals surface area contributed by atoms with Crippen molar-refractivity contribution in [2.24, 2.45) is 5.92 Å². The van der Waals surface area contributed by atoms with E-state index in [1.165, 1.54) is 12.0 Å². The summed E-state index contributed by atoms with van der Waals surface area (Å²) in [5.74, 6) is 1.01. The molecule has 0 amide bonds. The maximum absolute atomic E-state index is 12.3. The molecule has 4 heteroatoms. The molecule has 0 spiro atoms. The van der Waals surface area contributed by atoms with Crippen molar-refractivity contribution in [2.75, 3.05) is 14.2 Å². The first-order valence-electron chi connectivity index (χ1n) is 9.26. The van der Waals surface area contributed by atoms with E-state index in [0.29, 0.717) is 6.42 Å². The third-order valence-corrected chi connectivity index (χ3v) is 5.57. The van der Waals surface area contributed by atoms with Gasteiger partial charge in [0.2, 0.25) is 0 Å². The number of carbonyl (C=O) groups excluding carboxylic acids is 1. The number of benzene rings is 1. The van der Waals surface area contributed by atoms with Crippen molar-refractivity contribution in [2.45, 2.75) is 70.5 Å². The number of hydrogen-bond donors (Lipinski definition) is 0. The van der Waals surface area contributed by atoms with Crippen molar-refractivity contribution in [3.63, 3.8) is 0 Å². The van der Waals surface area contributed by atoms with E-state index < -0.39 is 0 Å². The highest BCUT2D eigenvalue weighted by molar-refractivity contribution is 5.70. The van der Waals surface area contributed by atoms with Crippen molar-refractivity contribution in [1.82, 2.24) is 0 Å². The average Bonchev–Trinajstić information content (AvgIpc) is 2.61. The van der Waals surface area contributed by atoms with Gasteiger partial charge in [0.1, 0.15) is 11.9 Å². The zero-order valence-electron chi connectivity index (χ0n) is 16.2. The van der Waals surface area contributed by atoms with Gasteiger partial charge < -0.3 is 14.2 Å². The quantitative estimate of drug-likeness (QED) is 0.681. The number of esters is 1. The summed E-state index contributed by atoms with van der Waals surface area (Å²) in [6.07, 6.45) is 4.40. The molecule has 0 radical (unpaired) electrons. The fraction of sp³-hybridized carbons (Fsp3) is 0.667. The van der Waals surface area contributed by atoms with Gasteiger partial charge in [-0.15, -0.1) is 0 Å². The highest BCUT2D eigenvalue weighted by Crippen LogP contribution is 2.45. The van der Waals surface area contributed by atoms with Crippen LogP contribution in [0.5, 0.6) is 5.75 Å². The summed E-state index contributed by atoms with van der Waals surface area (Å²) in [7, 11) is 3.32. The largest absolute Gasteiger partial charge is 0.496 e. The second-order valence-corrected chi connectivity index (χ2v) is 7.59. The van der Waals surface area contributed by atoms with E-state index in [4.69, 9.17) is 14.2 Å². The minimum Gasteiger partial charge on any atom is -0.496 e. The average molecular weight is 348 g/mol. The molecule has 2 rings (SSSR count). The Hall–Kier alpha value is -1.55. The number of carbonyl (C=O) groups is 1. The lowest BCUT2D eigenvalue weighted by atomic mass is 9.66. The summed E-state index contributed by atoms with van der Waals surface area (Å²) in [5.41, 5.74) is 1.04. The standard InChI is InChI=1S/C21H32O4/c1-15(23-4)14-20(22)25-19-13-9-7-11-17(19)21(2,3)16-10-6-8-12-18(16)24-5/h6,8,10,12,15,17,19H,7,9,11,13-14H2,1-5H3/t15?,17-,19-/m1/s1. The van der Waals surface area contributed by atoms with Crippen LogP contribution in [0.25, 0.3) is 0 Å². The van der Waals surface area contributed by atoms with Gasteiger partial charge in [0, 0.05) is 18.6 Å². The summed E-state index contributed by atoms with van der Waals surface area (Å²) >= 11 is 0. The molecule has 1 aliphatic carbocycles. The monoisotopic (exact) mass is 348 g/mol. The lowest BCUT2D eigenvalue weighted by Crippen LogP contribution is -2.42. The molecule has 1 aromatic carbocycles. The van der Waals surface area contributed by atoms with Crippen LogP contribution in [0.3, 0.4) is 0 Å². The maximum Gasteiger partial charge on any atom is 0.308 e. The lowest BCUT2D eigenvalue weighted by Gasteiger charge is -2.42. The molecule has 0 saturated heterocycles. The van der Waals surface area contributed by atoms with Gasteiger partial charge in [0.05, 0.1) is 19.6 Å². The Morgan fingerprint density at radius 3 is 2.56 bits per heavy atom. The first-order chi connectivity index (χ1) is 11.9. The van der Waals surface area contributed by atoms with Crippen molar-refractivity contribution < 1.29 is 19.0 Å². The van der Waals surface area contributed by atoms with Crippen LogP contribution < -0.4 is 4.74 Å². The molecule has 3 atom stereocenters. The molecular formula is C21H32O4. The van der Waals surface area contributed by atoms with Gasteiger partial charge in [-0.1, -0.05) is 38.5 Å². The van der Waals surface area contributed by atoms with Crippen LogP contribution in [0.2, 0.25) is 0 Å². The zero-order chi connectivity index (χ0) is 18.4. The van der Waals surface area contributed by atoms with Crippen LogP contribution >= 0.6 is 0 Å². The smallest absolute Gasteiger partial charge is 0.308 e. The zero-order valence-corrected chi connectivity index (χ0v) is 16.2. The number of para-hydroxylation sites is 1. The first-order valence-corrected chi connectivity index (χ1v) is 9.26. The molecule has 1 saturated carbocycles. The Labute approximate surface area is 151 Å². The summed E-state index contributed by atoms with van der Waals surface area (Å²) in [6.45, 7) is 6.36. The van der Waals surface area contributed by atoms with Crippen molar-refractivity contribution >= 4 is 5.97 Å². The Bertz CT molecular complexity index is 567. The van der Waals surface area contributed by atoms with Crippen LogP contribution in [0.15, 0.2) is 24.3 Å². The number of hydrogen-bond acceptors (Lipinski definition) is 4. The van der Waals surface area contributed by atoms with Gasteiger partial charge in [-0.2, -0.15) is 0 Å². The molecular weight excluding hydrogens is 316 g/mol. The van der Waals surface area contributed by atoms with Gasteiger partial charge >= 0.3 is 5.97 Å². The van der Waals surface area contributed by atoms with E-state index in [2.05, 4.69) is 19.9 Å². The molecule has 1 unspecified atom stereocenters. The number of ether oxygens (including phenoxy) is 3. The minimum atomic E-state index is -0.165. The van der Waals surface area contributed by atoms with E-state index >= 15 is 0 Å². The van der Waals surface area contributed by atoms with Crippen LogP contribution in [-0.2, 0) is 19.7 Å². The molecule has 1 aromatic rings. The maximum atomic E-state index is 12.3. The summed E-state index contributed by atoms with van der Waals surface area (Å²) in [5, 5.41) is 0. The van der Waals surface area contributed by atoms with Crippen molar-refractivity contribution in [1.29, 1.82) is 0 Å². The summed E-state index contributed by atoms with van der Waals surface area (Å²) < 4.78 is 16.7. The highest BCUT2D eigenvalue weighted by Gasteiger charge is 2.41. The van der Waals surface area contributed by atoms with Crippen LogP contribution in [0.4, 0.5) is 0 Å². The van der Waals surface area contributed by atoms with Gasteiger partial charge in [-0.3, -0.25) is 4.79 Å². The fourth-order valence-corrected chi connectivity index (χ4v) is 3.98. The molecule has 0 N–H and O–H groups in total. The predicted molar refractivity (Wildman–Crippen MR) is 98.9 cm³/mol. The van der Waals surface area contributed by atoms with E-state index in [0.717, 1.165) is 25.0 Å². The molecule has 0 aliphatic heterocycles. The fourth-order valence-electron chi connectivity index (χ4n) is 3.98. The molecule has 140 valence electrons. The molecule has 1 fully saturated rings. The lowest BCUT2D eigenvalue weighted by molar-refractivity contribution is -0.157. The third kappa shape index (κ3) is 4.75. The Balaban J connectivity index is 2.19. The molecule has 25 heavy (non-hydrogen) atoms. The number of rotatable bonds is 7. The van der Waals surface area contributed by atoms with Crippen LogP contribution in [0.1, 0.15) is 58.4 Å². The minimum absolute atomic E-state index is 0.0507. The number of methoxy groups -OCH3 is 2. The molecule has 0 aromatic heterocycles. The second-order valence-electron chi connectivity index (χ2n) is 7.59. The van der Waals surface area contributed by atoms with Crippen LogP contribution in [0, 0.1) is 5.92 Å². The third-order valence-electron chi connectivity index (χ3n) is 5.57. The van der Waals surface area contributed by atoms with E-state index in [1.807, 2.05) is 25.1 Å². The summed E-state index contributed by atoms with van der Waals surface area (Å²) in [4.78, 5) is 12.3. The molecule has 0 bridgehead atoms. The molecule has 1 aliphatic rings. The van der Waals surface area contributed by atoms with Gasteiger partial charge in [-0.05, 0) is 37.7 Å². The summed E-state index contributed by atoms with van der Waals surface area (Å²) in [6, 6.07) is 8.16. The van der Waals surface area contributed by atoms with Crippen molar-refractivity contribution in [3.8, 4) is 5.75 Å². The second kappa shape index (κ2) is 8.70. The topological polar surface area (TPSA) is 44.8 Å². The van der Waals surface area contributed by atoms with Crippen LogP contribution in [-0.4, -0.2) is 32.4 Å². The predicted octanol–water partition coefficient (Wildman–Crippen LogP) is 4.50. The highest BCUT2D eigenvalue weighted by atomic mass is 16.5. The Morgan fingerprint density at radius 1 is 1.20 bits per heavy atom. The van der Waals surface area contributed by atoms with Gasteiger partial charge in [0.15, 0.2) is 0 Å². The molecule has 0 heterocycles. The SMILES string of the molecule is COc1ccccc1C(C)(C)[C@@H]1CCCC[C@H]1OC(=O)CC(C)OC. The molecule has 4 nitrogen and oxygen atoms in total.